The number of guanidine groups is 1. The smallest absolute Gasteiger partial charge is 0.251 e. The van der Waals surface area contributed by atoms with Gasteiger partial charge in [-0.15, -0.1) is 24.0 Å². The maximum atomic E-state index is 12.1. The first-order valence-electron chi connectivity index (χ1n) is 10.8. The van der Waals surface area contributed by atoms with Gasteiger partial charge in [0.1, 0.15) is 0 Å². The van der Waals surface area contributed by atoms with E-state index in [0.29, 0.717) is 12.1 Å². The molecule has 30 heavy (non-hydrogen) atoms. The van der Waals surface area contributed by atoms with Crippen LogP contribution in [0.5, 0.6) is 0 Å². The summed E-state index contributed by atoms with van der Waals surface area (Å²) in [6, 6.07) is 7.63. The van der Waals surface area contributed by atoms with Gasteiger partial charge in [-0.2, -0.15) is 0 Å². The first-order chi connectivity index (χ1) is 14.2. The van der Waals surface area contributed by atoms with Gasteiger partial charge in [-0.05, 0) is 43.9 Å². The van der Waals surface area contributed by atoms with Gasteiger partial charge in [-0.1, -0.05) is 25.5 Å². The number of amides is 1. The highest BCUT2D eigenvalue weighted by molar-refractivity contribution is 14.0. The van der Waals surface area contributed by atoms with Crippen molar-refractivity contribution in [1.82, 2.24) is 16.0 Å². The number of benzene rings is 1. The van der Waals surface area contributed by atoms with Gasteiger partial charge < -0.3 is 25.4 Å². The van der Waals surface area contributed by atoms with Crippen LogP contribution in [0.1, 0.15) is 55.5 Å². The number of hydrogen-bond donors (Lipinski definition) is 3. The number of aliphatic imine (C=N–C) groups is 1. The number of halogens is 1. The molecule has 1 unspecified atom stereocenters. The van der Waals surface area contributed by atoms with E-state index in [9.17, 15) is 4.79 Å². The molecule has 1 aromatic carbocycles. The lowest BCUT2D eigenvalue weighted by molar-refractivity contribution is 0.0420. The standard InChI is InChI=1S/C22H36N4O3.HI/c1-3-5-12-24-21(27)19-9-7-18(8-10-19)16-26-22(23-4-2)25-13-6-14-29-20-11-15-28-17-20;/h7-10,20H,3-6,11-17H2,1-2H3,(H,24,27)(H2,23,25,26);1H. The molecule has 170 valence electrons. The largest absolute Gasteiger partial charge is 0.379 e. The van der Waals surface area contributed by atoms with E-state index in [2.05, 4.69) is 27.9 Å². The summed E-state index contributed by atoms with van der Waals surface area (Å²) >= 11 is 0. The molecule has 2 rings (SSSR count). The molecule has 1 amide bonds. The van der Waals surface area contributed by atoms with Crippen LogP contribution < -0.4 is 16.0 Å². The molecule has 1 aromatic rings. The average Bonchev–Trinajstić information content (AvgIpc) is 3.25. The molecule has 1 saturated heterocycles. The van der Waals surface area contributed by atoms with Crippen LogP contribution in [0.2, 0.25) is 0 Å². The van der Waals surface area contributed by atoms with E-state index in [1.165, 1.54) is 0 Å². The highest BCUT2D eigenvalue weighted by Gasteiger charge is 2.15. The SMILES string of the molecule is CCCCNC(=O)c1ccc(CN=C(NCC)NCCCOC2CCOC2)cc1.I. The Morgan fingerprint density at radius 2 is 1.90 bits per heavy atom. The fraction of sp³-hybridized carbons (Fsp3) is 0.636. The number of nitrogens with one attached hydrogen (secondary N) is 3. The lowest BCUT2D eigenvalue weighted by Crippen LogP contribution is -2.38. The minimum atomic E-state index is -0.0186. The highest BCUT2D eigenvalue weighted by atomic mass is 127. The molecule has 0 saturated carbocycles. The third-order valence-electron chi connectivity index (χ3n) is 4.65. The molecule has 0 aliphatic carbocycles. The maximum Gasteiger partial charge on any atom is 0.251 e. The minimum absolute atomic E-state index is 0. The van der Waals surface area contributed by atoms with Crippen LogP contribution in [0.25, 0.3) is 0 Å². The third kappa shape index (κ3) is 10.6. The van der Waals surface area contributed by atoms with E-state index in [1.807, 2.05) is 31.2 Å². The molecule has 0 spiro atoms. The first-order valence-corrected chi connectivity index (χ1v) is 10.8. The molecule has 1 atom stereocenters. The second-order valence-corrected chi connectivity index (χ2v) is 7.14. The summed E-state index contributed by atoms with van der Waals surface area (Å²) in [5.41, 5.74) is 1.75. The zero-order valence-corrected chi connectivity index (χ0v) is 20.6. The van der Waals surface area contributed by atoms with Crippen LogP contribution in [-0.4, -0.2) is 57.4 Å². The Hall–Kier alpha value is -1.39. The Labute approximate surface area is 197 Å². The van der Waals surface area contributed by atoms with Crippen LogP contribution in [0.3, 0.4) is 0 Å². The van der Waals surface area contributed by atoms with E-state index >= 15 is 0 Å². The number of ether oxygens (including phenoxy) is 2. The van der Waals surface area contributed by atoms with Crippen LogP contribution in [-0.2, 0) is 16.0 Å². The van der Waals surface area contributed by atoms with E-state index in [4.69, 9.17) is 9.47 Å². The van der Waals surface area contributed by atoms with Crippen molar-refractivity contribution in [2.24, 2.45) is 4.99 Å². The van der Waals surface area contributed by atoms with Crippen molar-refractivity contribution in [3.63, 3.8) is 0 Å². The van der Waals surface area contributed by atoms with E-state index in [0.717, 1.165) is 76.7 Å². The van der Waals surface area contributed by atoms with Crippen molar-refractivity contribution >= 4 is 35.8 Å². The summed E-state index contributed by atoms with van der Waals surface area (Å²) in [5, 5.41) is 9.53. The van der Waals surface area contributed by atoms with Gasteiger partial charge >= 0.3 is 0 Å². The van der Waals surface area contributed by atoms with Crippen molar-refractivity contribution in [3.05, 3.63) is 35.4 Å². The summed E-state index contributed by atoms with van der Waals surface area (Å²) in [6.07, 6.45) is 4.25. The summed E-state index contributed by atoms with van der Waals surface area (Å²) in [6.45, 7) is 9.30. The Morgan fingerprint density at radius 1 is 1.13 bits per heavy atom. The summed E-state index contributed by atoms with van der Waals surface area (Å²) in [5.74, 6) is 0.771. The van der Waals surface area contributed by atoms with Gasteiger partial charge in [0, 0.05) is 38.4 Å². The molecular formula is C22H37IN4O3. The molecule has 1 heterocycles. The number of carbonyl (C=O) groups excluding carboxylic acids is 1. The zero-order chi connectivity index (χ0) is 20.7. The fourth-order valence-electron chi connectivity index (χ4n) is 2.93. The maximum absolute atomic E-state index is 12.1. The van der Waals surface area contributed by atoms with Crippen molar-refractivity contribution in [2.45, 2.75) is 52.2 Å². The Kier molecular flexibility index (Phi) is 14.5. The molecule has 0 aromatic heterocycles. The molecule has 0 bridgehead atoms. The average molecular weight is 532 g/mol. The Balaban J connectivity index is 0.00000450. The van der Waals surface area contributed by atoms with Gasteiger partial charge in [0.05, 0.1) is 19.3 Å². The second kappa shape index (κ2) is 16.3. The molecule has 0 radical (unpaired) electrons. The molecule has 1 aliphatic heterocycles. The van der Waals surface area contributed by atoms with Crippen LogP contribution >= 0.6 is 24.0 Å². The lowest BCUT2D eigenvalue weighted by Gasteiger charge is -2.13. The van der Waals surface area contributed by atoms with E-state index in [-0.39, 0.29) is 36.0 Å². The second-order valence-electron chi connectivity index (χ2n) is 7.14. The molecule has 3 N–H and O–H groups in total. The topological polar surface area (TPSA) is 84.0 Å². The summed E-state index contributed by atoms with van der Waals surface area (Å²) in [7, 11) is 0. The van der Waals surface area contributed by atoms with Gasteiger partial charge in [0.15, 0.2) is 5.96 Å². The number of unbranched alkanes of at least 4 members (excludes halogenated alkanes) is 1. The lowest BCUT2D eigenvalue weighted by atomic mass is 10.1. The van der Waals surface area contributed by atoms with E-state index in [1.54, 1.807) is 0 Å². The molecular weight excluding hydrogens is 495 g/mol. The predicted molar refractivity (Wildman–Crippen MR) is 132 cm³/mol. The Morgan fingerprint density at radius 3 is 2.57 bits per heavy atom. The number of hydrogen-bond acceptors (Lipinski definition) is 4. The van der Waals surface area contributed by atoms with E-state index < -0.39 is 0 Å². The molecule has 7 nitrogen and oxygen atoms in total. The number of rotatable bonds is 12. The Bertz CT molecular complexity index is 619. The molecule has 1 fully saturated rings. The van der Waals surface area contributed by atoms with Crippen LogP contribution in [0, 0.1) is 0 Å². The van der Waals surface area contributed by atoms with Crippen molar-refractivity contribution < 1.29 is 14.3 Å². The van der Waals surface area contributed by atoms with Gasteiger partial charge in [-0.3, -0.25) is 4.79 Å². The van der Waals surface area contributed by atoms with Crippen molar-refractivity contribution in [2.75, 3.05) is 39.5 Å². The van der Waals surface area contributed by atoms with Gasteiger partial charge in [0.2, 0.25) is 0 Å². The van der Waals surface area contributed by atoms with Gasteiger partial charge in [0.25, 0.3) is 5.91 Å². The van der Waals surface area contributed by atoms with Crippen LogP contribution in [0.4, 0.5) is 0 Å². The van der Waals surface area contributed by atoms with Crippen LogP contribution in [0.15, 0.2) is 29.3 Å². The van der Waals surface area contributed by atoms with Crippen molar-refractivity contribution in [1.29, 1.82) is 0 Å². The molecule has 8 heteroatoms. The zero-order valence-electron chi connectivity index (χ0n) is 18.2. The van der Waals surface area contributed by atoms with Crippen molar-refractivity contribution in [3.8, 4) is 0 Å². The monoisotopic (exact) mass is 532 g/mol. The number of carbonyl (C=O) groups is 1. The van der Waals surface area contributed by atoms with Gasteiger partial charge in [-0.25, -0.2) is 4.99 Å². The fourth-order valence-corrected chi connectivity index (χ4v) is 2.93. The number of nitrogens with zero attached hydrogens (tertiary/aromatic N) is 1. The quantitative estimate of drug-likeness (QED) is 0.167. The minimum Gasteiger partial charge on any atom is -0.379 e. The predicted octanol–water partition coefficient (Wildman–Crippen LogP) is 3.09. The molecule has 1 aliphatic rings. The third-order valence-corrected chi connectivity index (χ3v) is 4.65. The summed E-state index contributed by atoms with van der Waals surface area (Å²) < 4.78 is 11.1. The normalized spacial score (nSPS) is 16.1. The first kappa shape index (κ1) is 26.6. The summed E-state index contributed by atoms with van der Waals surface area (Å²) in [4.78, 5) is 16.7. The highest BCUT2D eigenvalue weighted by Crippen LogP contribution is 2.08.